The summed E-state index contributed by atoms with van der Waals surface area (Å²) in [7, 11) is 3.32. The Hall–Kier alpha value is -1.22. The summed E-state index contributed by atoms with van der Waals surface area (Å²) in [4.78, 5) is 0. The van der Waals surface area contributed by atoms with Crippen molar-refractivity contribution in [1.29, 1.82) is 0 Å². The number of hydrogen-bond donors (Lipinski definition) is 1. The Morgan fingerprint density at radius 3 is 2.19 bits per heavy atom. The van der Waals surface area contributed by atoms with Gasteiger partial charge < -0.3 is 15.2 Å². The maximum atomic E-state index is 6.17. The first-order valence-corrected chi connectivity index (χ1v) is 5.71. The molecule has 1 saturated carbocycles. The minimum atomic E-state index is 0.0940. The Balaban J connectivity index is 2.16. The van der Waals surface area contributed by atoms with Crippen molar-refractivity contribution in [1.82, 2.24) is 0 Å². The van der Waals surface area contributed by atoms with Crippen LogP contribution >= 0.6 is 0 Å². The zero-order valence-corrected chi connectivity index (χ0v) is 9.90. The van der Waals surface area contributed by atoms with Gasteiger partial charge in [-0.2, -0.15) is 0 Å². The molecule has 0 spiro atoms. The van der Waals surface area contributed by atoms with Crippen LogP contribution in [-0.2, 0) is 0 Å². The van der Waals surface area contributed by atoms with E-state index in [0.717, 1.165) is 29.4 Å². The summed E-state index contributed by atoms with van der Waals surface area (Å²) in [5, 5.41) is 0. The Kier molecular flexibility index (Phi) is 3.34. The molecule has 1 fully saturated rings. The predicted molar refractivity (Wildman–Crippen MR) is 63.8 cm³/mol. The molecule has 3 heteroatoms. The smallest absolute Gasteiger partial charge is 0.122 e. The second kappa shape index (κ2) is 4.74. The summed E-state index contributed by atoms with van der Waals surface area (Å²) < 4.78 is 10.5. The van der Waals surface area contributed by atoms with E-state index in [1.54, 1.807) is 14.2 Å². The minimum absolute atomic E-state index is 0.0940. The van der Waals surface area contributed by atoms with Crippen LogP contribution in [0.5, 0.6) is 11.5 Å². The van der Waals surface area contributed by atoms with Gasteiger partial charge in [0.2, 0.25) is 0 Å². The molecule has 0 unspecified atom stereocenters. The van der Waals surface area contributed by atoms with Crippen molar-refractivity contribution in [2.45, 2.75) is 25.3 Å². The molecule has 16 heavy (non-hydrogen) atoms. The van der Waals surface area contributed by atoms with E-state index < -0.39 is 0 Å². The Bertz CT molecular complexity index is 339. The predicted octanol–water partition coefficient (Wildman–Crippen LogP) is 2.50. The Labute approximate surface area is 96.5 Å². The molecule has 0 radical (unpaired) electrons. The average molecular weight is 221 g/mol. The Morgan fingerprint density at radius 2 is 1.75 bits per heavy atom. The quantitative estimate of drug-likeness (QED) is 0.830. The topological polar surface area (TPSA) is 44.5 Å². The zero-order valence-electron chi connectivity index (χ0n) is 9.90. The third-order valence-corrected chi connectivity index (χ3v) is 3.09. The molecule has 0 amide bonds. The molecule has 0 heterocycles. The van der Waals surface area contributed by atoms with Gasteiger partial charge in [-0.15, -0.1) is 0 Å². The van der Waals surface area contributed by atoms with Crippen molar-refractivity contribution in [3.05, 3.63) is 23.8 Å². The fraction of sp³-hybridized carbons (Fsp3) is 0.538. The normalized spacial score (nSPS) is 16.9. The highest BCUT2D eigenvalue weighted by atomic mass is 16.5. The summed E-state index contributed by atoms with van der Waals surface area (Å²) in [6, 6.07) is 5.95. The van der Waals surface area contributed by atoms with Gasteiger partial charge in [0.1, 0.15) is 11.5 Å². The number of ether oxygens (including phenoxy) is 2. The lowest BCUT2D eigenvalue weighted by atomic mass is 10.0. The van der Waals surface area contributed by atoms with Crippen molar-refractivity contribution in [2.24, 2.45) is 11.7 Å². The van der Waals surface area contributed by atoms with Gasteiger partial charge in [-0.3, -0.25) is 0 Å². The Morgan fingerprint density at radius 1 is 1.19 bits per heavy atom. The molecule has 1 aliphatic rings. The number of benzene rings is 1. The zero-order chi connectivity index (χ0) is 11.5. The first-order chi connectivity index (χ1) is 7.72. The molecular weight excluding hydrogens is 202 g/mol. The first-order valence-electron chi connectivity index (χ1n) is 5.71. The molecule has 1 aromatic carbocycles. The second-order valence-corrected chi connectivity index (χ2v) is 4.43. The van der Waals surface area contributed by atoms with Gasteiger partial charge in [-0.25, -0.2) is 0 Å². The van der Waals surface area contributed by atoms with Crippen molar-refractivity contribution >= 4 is 0 Å². The van der Waals surface area contributed by atoms with Crippen LogP contribution in [0.15, 0.2) is 18.2 Å². The number of methoxy groups -OCH3 is 2. The molecule has 0 saturated heterocycles. The van der Waals surface area contributed by atoms with Crippen LogP contribution in [0.4, 0.5) is 0 Å². The largest absolute Gasteiger partial charge is 0.497 e. The molecule has 3 nitrogen and oxygen atoms in total. The van der Waals surface area contributed by atoms with Crippen LogP contribution in [-0.4, -0.2) is 14.2 Å². The molecule has 0 aliphatic heterocycles. The number of nitrogens with two attached hydrogens (primary N) is 1. The lowest BCUT2D eigenvalue weighted by Crippen LogP contribution is -2.11. The van der Waals surface area contributed by atoms with E-state index in [1.165, 1.54) is 12.8 Å². The van der Waals surface area contributed by atoms with E-state index in [2.05, 4.69) is 0 Å². The maximum Gasteiger partial charge on any atom is 0.122 e. The highest BCUT2D eigenvalue weighted by molar-refractivity contribution is 5.39. The molecular formula is C13H19NO2. The van der Waals surface area contributed by atoms with E-state index in [4.69, 9.17) is 15.2 Å². The van der Waals surface area contributed by atoms with Gasteiger partial charge in [0.15, 0.2) is 0 Å². The first kappa shape index (κ1) is 11.3. The van der Waals surface area contributed by atoms with Crippen LogP contribution in [0.2, 0.25) is 0 Å². The van der Waals surface area contributed by atoms with Crippen molar-refractivity contribution in [2.75, 3.05) is 14.2 Å². The standard InChI is InChI=1S/C13H19NO2/c1-15-11-6-10(7-12(8-11)16-2)13(14)5-9-3-4-9/h6-9,13H,3-5,14H2,1-2H3/t13-/m1/s1. The summed E-state index contributed by atoms with van der Waals surface area (Å²) in [5.41, 5.74) is 7.27. The van der Waals surface area contributed by atoms with E-state index >= 15 is 0 Å². The summed E-state index contributed by atoms with van der Waals surface area (Å²) in [5.74, 6) is 2.44. The number of rotatable bonds is 5. The summed E-state index contributed by atoms with van der Waals surface area (Å²) in [6.45, 7) is 0. The van der Waals surface area contributed by atoms with Gasteiger partial charge in [-0.05, 0) is 30.0 Å². The monoisotopic (exact) mass is 221 g/mol. The number of hydrogen-bond acceptors (Lipinski definition) is 3. The average Bonchev–Trinajstić information content (AvgIpc) is 3.12. The van der Waals surface area contributed by atoms with Crippen molar-refractivity contribution in [3.8, 4) is 11.5 Å². The van der Waals surface area contributed by atoms with Gasteiger partial charge in [-0.1, -0.05) is 12.8 Å². The van der Waals surface area contributed by atoms with Crippen LogP contribution in [0.3, 0.4) is 0 Å². The lowest BCUT2D eigenvalue weighted by Gasteiger charge is -2.14. The van der Waals surface area contributed by atoms with E-state index in [9.17, 15) is 0 Å². The molecule has 1 atom stereocenters. The fourth-order valence-corrected chi connectivity index (χ4v) is 1.89. The van der Waals surface area contributed by atoms with Gasteiger partial charge in [0, 0.05) is 12.1 Å². The van der Waals surface area contributed by atoms with Crippen LogP contribution < -0.4 is 15.2 Å². The highest BCUT2D eigenvalue weighted by Gasteiger charge is 2.24. The summed E-state index contributed by atoms with van der Waals surface area (Å²) >= 11 is 0. The van der Waals surface area contributed by atoms with E-state index in [-0.39, 0.29) is 6.04 Å². The van der Waals surface area contributed by atoms with Crippen LogP contribution in [0.1, 0.15) is 30.9 Å². The molecule has 2 rings (SSSR count). The van der Waals surface area contributed by atoms with Gasteiger partial charge in [0.05, 0.1) is 14.2 Å². The van der Waals surface area contributed by atoms with Crippen molar-refractivity contribution < 1.29 is 9.47 Å². The van der Waals surface area contributed by atoms with Gasteiger partial charge in [0.25, 0.3) is 0 Å². The third kappa shape index (κ3) is 2.67. The second-order valence-electron chi connectivity index (χ2n) is 4.43. The molecule has 1 aromatic rings. The molecule has 88 valence electrons. The van der Waals surface area contributed by atoms with E-state index in [1.807, 2.05) is 18.2 Å². The minimum Gasteiger partial charge on any atom is -0.497 e. The van der Waals surface area contributed by atoms with Crippen molar-refractivity contribution in [3.63, 3.8) is 0 Å². The third-order valence-electron chi connectivity index (χ3n) is 3.09. The van der Waals surface area contributed by atoms with Crippen LogP contribution in [0, 0.1) is 5.92 Å². The molecule has 1 aliphatic carbocycles. The molecule has 0 aromatic heterocycles. The van der Waals surface area contributed by atoms with Crippen LogP contribution in [0.25, 0.3) is 0 Å². The SMILES string of the molecule is COc1cc(OC)cc([C@H](N)CC2CC2)c1. The summed E-state index contributed by atoms with van der Waals surface area (Å²) in [6.07, 6.45) is 3.72. The fourth-order valence-electron chi connectivity index (χ4n) is 1.89. The molecule has 2 N–H and O–H groups in total. The maximum absolute atomic E-state index is 6.17. The van der Waals surface area contributed by atoms with E-state index in [0.29, 0.717) is 0 Å². The lowest BCUT2D eigenvalue weighted by molar-refractivity contribution is 0.392. The highest BCUT2D eigenvalue weighted by Crippen LogP contribution is 2.37. The molecule has 0 bridgehead atoms. The van der Waals surface area contributed by atoms with Gasteiger partial charge >= 0.3 is 0 Å².